The lowest BCUT2D eigenvalue weighted by atomic mass is 10.1. The lowest BCUT2D eigenvalue weighted by Crippen LogP contribution is -2.30. The van der Waals surface area contributed by atoms with E-state index >= 15 is 0 Å². The Morgan fingerprint density at radius 2 is 1.96 bits per heavy atom. The number of hydrogen-bond donors (Lipinski definition) is 1. The Labute approximate surface area is 169 Å². The van der Waals surface area contributed by atoms with E-state index in [1.807, 2.05) is 13.8 Å². The molecule has 0 aliphatic carbocycles. The number of rotatable bonds is 6. The monoisotopic (exact) mass is 456 g/mol. The Hall–Kier alpha value is -2.20. The smallest absolute Gasteiger partial charge is 0.341 e. The van der Waals surface area contributed by atoms with Gasteiger partial charge in [0.25, 0.3) is 11.8 Å². The lowest BCUT2D eigenvalue weighted by molar-refractivity contribution is 0.0601. The molecular weight excluding hydrogens is 436 g/mol. The van der Waals surface area contributed by atoms with Crippen LogP contribution in [0.5, 0.6) is 0 Å². The number of carbonyl (C=O) groups excluding carboxylic acids is 3. The van der Waals surface area contributed by atoms with Crippen molar-refractivity contribution < 1.29 is 19.1 Å². The number of amides is 2. The molecule has 0 spiro atoms. The van der Waals surface area contributed by atoms with Crippen molar-refractivity contribution in [3.63, 3.8) is 0 Å². The number of nitrogens with one attached hydrogen (secondary N) is 1. The fourth-order valence-electron chi connectivity index (χ4n) is 2.58. The van der Waals surface area contributed by atoms with E-state index in [1.54, 1.807) is 25.1 Å². The van der Waals surface area contributed by atoms with Crippen LogP contribution in [0.4, 0.5) is 5.00 Å². The number of nitrogens with zero attached hydrogens (tertiary/aromatic N) is 3. The number of aryl methyl sites for hydroxylation is 1. The molecule has 146 valence electrons. The molecule has 1 N–H and O–H groups in total. The van der Waals surface area contributed by atoms with Crippen LogP contribution < -0.4 is 5.32 Å². The molecule has 2 rings (SSSR count). The van der Waals surface area contributed by atoms with Gasteiger partial charge in [0.15, 0.2) is 5.69 Å². The van der Waals surface area contributed by atoms with Crippen LogP contribution in [0.3, 0.4) is 0 Å². The highest BCUT2D eigenvalue weighted by molar-refractivity contribution is 9.10. The summed E-state index contributed by atoms with van der Waals surface area (Å²) in [6.45, 7) is 6.52. The van der Waals surface area contributed by atoms with Crippen molar-refractivity contribution >= 4 is 50.1 Å². The standard InChI is InChI=1S/C17H21BrN4O4S/c1-6-22(7-2)16(24)13-9(3)11(17(25)26-5)15(27-13)19-14(23)12-10(18)8-21(4)20-12/h8H,6-7H2,1-5H3,(H,19,23). The first-order chi connectivity index (χ1) is 12.7. The predicted molar refractivity (Wildman–Crippen MR) is 107 cm³/mol. The zero-order chi connectivity index (χ0) is 20.3. The maximum Gasteiger partial charge on any atom is 0.341 e. The summed E-state index contributed by atoms with van der Waals surface area (Å²) in [6, 6.07) is 0. The van der Waals surface area contributed by atoms with Gasteiger partial charge in [0, 0.05) is 26.3 Å². The first kappa shape index (κ1) is 21.1. The summed E-state index contributed by atoms with van der Waals surface area (Å²) in [4.78, 5) is 39.7. The van der Waals surface area contributed by atoms with Crippen LogP contribution in [0.1, 0.15) is 49.9 Å². The van der Waals surface area contributed by atoms with E-state index in [-0.39, 0.29) is 22.2 Å². The van der Waals surface area contributed by atoms with Gasteiger partial charge in [-0.05, 0) is 42.3 Å². The van der Waals surface area contributed by atoms with Crippen LogP contribution in [-0.4, -0.2) is 52.7 Å². The van der Waals surface area contributed by atoms with Crippen molar-refractivity contribution in [3.8, 4) is 0 Å². The van der Waals surface area contributed by atoms with Crippen LogP contribution in [0.25, 0.3) is 0 Å². The number of methoxy groups -OCH3 is 1. The molecule has 8 nitrogen and oxygen atoms in total. The lowest BCUT2D eigenvalue weighted by Gasteiger charge is -2.17. The summed E-state index contributed by atoms with van der Waals surface area (Å²) < 4.78 is 6.86. The number of aromatic nitrogens is 2. The van der Waals surface area contributed by atoms with Gasteiger partial charge in [0.05, 0.1) is 22.0 Å². The fourth-order valence-corrected chi connectivity index (χ4v) is 4.30. The van der Waals surface area contributed by atoms with Crippen LogP contribution in [0.15, 0.2) is 10.7 Å². The Morgan fingerprint density at radius 1 is 1.33 bits per heavy atom. The van der Waals surface area contributed by atoms with E-state index < -0.39 is 11.9 Å². The summed E-state index contributed by atoms with van der Waals surface area (Å²) in [5, 5.41) is 7.04. The molecule has 0 aliphatic heterocycles. The minimum absolute atomic E-state index is 0.177. The van der Waals surface area contributed by atoms with Gasteiger partial charge in [-0.15, -0.1) is 11.3 Å². The first-order valence-electron chi connectivity index (χ1n) is 8.26. The maximum atomic E-state index is 12.8. The summed E-state index contributed by atoms with van der Waals surface area (Å²) >= 11 is 4.34. The van der Waals surface area contributed by atoms with Crippen LogP contribution >= 0.6 is 27.3 Å². The topological polar surface area (TPSA) is 93.5 Å². The average Bonchev–Trinajstić information content (AvgIpc) is 3.13. The number of carbonyl (C=O) groups is 3. The number of hydrogen-bond acceptors (Lipinski definition) is 6. The van der Waals surface area contributed by atoms with Gasteiger partial charge in [-0.3, -0.25) is 14.3 Å². The highest BCUT2D eigenvalue weighted by Crippen LogP contribution is 2.35. The van der Waals surface area contributed by atoms with Gasteiger partial charge in [-0.2, -0.15) is 5.10 Å². The molecule has 0 saturated carbocycles. The number of halogens is 1. The Balaban J connectivity index is 2.47. The third-order valence-corrected chi connectivity index (χ3v) is 5.78. The van der Waals surface area contributed by atoms with Crippen LogP contribution in [0.2, 0.25) is 0 Å². The van der Waals surface area contributed by atoms with Gasteiger partial charge in [0.1, 0.15) is 5.00 Å². The summed E-state index contributed by atoms with van der Waals surface area (Å²) in [7, 11) is 2.95. The zero-order valence-electron chi connectivity index (χ0n) is 15.8. The molecule has 0 fully saturated rings. The molecule has 2 heterocycles. The second-order valence-electron chi connectivity index (χ2n) is 5.68. The fraction of sp³-hybridized carbons (Fsp3) is 0.412. The van der Waals surface area contributed by atoms with Gasteiger partial charge >= 0.3 is 5.97 Å². The van der Waals surface area contributed by atoms with Gasteiger partial charge in [-0.25, -0.2) is 4.79 Å². The number of thiophene rings is 1. The third kappa shape index (κ3) is 4.22. The average molecular weight is 457 g/mol. The maximum absolute atomic E-state index is 12.8. The van der Waals surface area contributed by atoms with Crippen LogP contribution in [0, 0.1) is 6.92 Å². The first-order valence-corrected chi connectivity index (χ1v) is 9.87. The number of ether oxygens (including phenoxy) is 1. The van der Waals surface area contributed by atoms with Crippen LogP contribution in [-0.2, 0) is 11.8 Å². The molecule has 0 radical (unpaired) electrons. The minimum Gasteiger partial charge on any atom is -0.465 e. The highest BCUT2D eigenvalue weighted by atomic mass is 79.9. The van der Waals surface area contributed by atoms with E-state index in [2.05, 4.69) is 26.3 Å². The second-order valence-corrected chi connectivity index (χ2v) is 7.56. The quantitative estimate of drug-likeness (QED) is 0.673. The molecular formula is C17H21BrN4O4S. The SMILES string of the molecule is CCN(CC)C(=O)c1sc(NC(=O)c2nn(C)cc2Br)c(C(=O)OC)c1C. The molecule has 2 amide bonds. The molecule has 2 aromatic heterocycles. The summed E-state index contributed by atoms with van der Waals surface area (Å²) in [6.07, 6.45) is 1.64. The molecule has 0 bridgehead atoms. The normalized spacial score (nSPS) is 10.6. The molecule has 2 aromatic rings. The zero-order valence-corrected chi connectivity index (χ0v) is 18.2. The van der Waals surface area contributed by atoms with E-state index in [0.717, 1.165) is 11.3 Å². The molecule has 0 unspecified atom stereocenters. The molecule has 10 heteroatoms. The molecule has 0 atom stereocenters. The van der Waals surface area contributed by atoms with Crippen molar-refractivity contribution in [1.82, 2.24) is 14.7 Å². The van der Waals surface area contributed by atoms with E-state index in [1.165, 1.54) is 11.8 Å². The largest absolute Gasteiger partial charge is 0.465 e. The highest BCUT2D eigenvalue weighted by Gasteiger charge is 2.28. The van der Waals surface area contributed by atoms with E-state index in [9.17, 15) is 14.4 Å². The molecule has 27 heavy (non-hydrogen) atoms. The van der Waals surface area contributed by atoms with Gasteiger partial charge < -0.3 is 15.0 Å². The van der Waals surface area contributed by atoms with Crippen molar-refractivity contribution in [2.45, 2.75) is 20.8 Å². The summed E-state index contributed by atoms with van der Waals surface area (Å²) in [5.74, 6) is -1.29. The number of anilines is 1. The minimum atomic E-state index is -0.613. The molecule has 0 aromatic carbocycles. The molecule has 0 saturated heterocycles. The van der Waals surface area contributed by atoms with E-state index in [4.69, 9.17) is 4.74 Å². The van der Waals surface area contributed by atoms with Crippen molar-refractivity contribution in [2.24, 2.45) is 7.05 Å². The predicted octanol–water partition coefficient (Wildman–Crippen LogP) is 3.07. The van der Waals surface area contributed by atoms with Crippen molar-refractivity contribution in [3.05, 3.63) is 32.4 Å². The third-order valence-electron chi connectivity index (χ3n) is 4.01. The van der Waals surface area contributed by atoms with Gasteiger partial charge in [0.2, 0.25) is 0 Å². The van der Waals surface area contributed by atoms with Crippen molar-refractivity contribution in [2.75, 3.05) is 25.5 Å². The van der Waals surface area contributed by atoms with Crippen molar-refractivity contribution in [1.29, 1.82) is 0 Å². The Morgan fingerprint density at radius 3 is 2.44 bits per heavy atom. The van der Waals surface area contributed by atoms with Gasteiger partial charge in [-0.1, -0.05) is 0 Å². The number of esters is 1. The summed E-state index contributed by atoms with van der Waals surface area (Å²) in [5.41, 5.74) is 0.841. The van der Waals surface area contributed by atoms with E-state index in [0.29, 0.717) is 28.0 Å². The molecule has 0 aliphatic rings. The second kappa shape index (κ2) is 8.66. The Kier molecular flexibility index (Phi) is 6.77. The Bertz CT molecular complexity index is 886.